The minimum Gasteiger partial charge on any atom is -0.368 e. The van der Waals surface area contributed by atoms with Crippen molar-refractivity contribution in [3.8, 4) is 0 Å². The third kappa shape index (κ3) is 4.71. The number of rotatable bonds is 6. The molecule has 0 radical (unpaired) electrons. The maximum Gasteiger partial charge on any atom is 0.254 e. The Morgan fingerprint density at radius 3 is 2.41 bits per heavy atom. The van der Waals surface area contributed by atoms with Gasteiger partial charge >= 0.3 is 0 Å². The third-order valence-electron chi connectivity index (χ3n) is 5.98. The number of halogens is 2. The standard InChI is InChI=1S/C23H27Cl2N3O/c24-20-8-5-9-21(22(20)25)27-16-14-26(15-17-27)11-3-4-12-28-13-10-18-6-1-2-7-19(18)23(28)29/h1-2,5-9H,3-4,10-17H2. The van der Waals surface area contributed by atoms with E-state index in [4.69, 9.17) is 23.2 Å². The van der Waals surface area contributed by atoms with Gasteiger partial charge in [-0.1, -0.05) is 47.5 Å². The molecule has 0 bridgehead atoms. The fourth-order valence-corrected chi connectivity index (χ4v) is 4.69. The molecule has 0 aromatic heterocycles. The second-order valence-electron chi connectivity index (χ2n) is 7.81. The van der Waals surface area contributed by atoms with Gasteiger partial charge in [0.2, 0.25) is 0 Å². The van der Waals surface area contributed by atoms with Crippen molar-refractivity contribution in [3.63, 3.8) is 0 Å². The van der Waals surface area contributed by atoms with Crippen LogP contribution in [0.4, 0.5) is 5.69 Å². The van der Waals surface area contributed by atoms with Crippen molar-refractivity contribution >= 4 is 34.8 Å². The second-order valence-corrected chi connectivity index (χ2v) is 8.59. The molecule has 2 aromatic carbocycles. The molecule has 2 heterocycles. The van der Waals surface area contributed by atoms with Crippen LogP contribution in [-0.2, 0) is 6.42 Å². The summed E-state index contributed by atoms with van der Waals surface area (Å²) in [5, 5.41) is 1.26. The Morgan fingerprint density at radius 1 is 0.828 bits per heavy atom. The third-order valence-corrected chi connectivity index (χ3v) is 6.79. The van der Waals surface area contributed by atoms with Gasteiger partial charge in [0.1, 0.15) is 0 Å². The summed E-state index contributed by atoms with van der Waals surface area (Å²) in [7, 11) is 0. The molecule has 1 saturated heterocycles. The van der Waals surface area contributed by atoms with Crippen molar-refractivity contribution in [2.75, 3.05) is 50.7 Å². The zero-order valence-electron chi connectivity index (χ0n) is 16.6. The Labute approximate surface area is 183 Å². The number of carbonyl (C=O) groups excluding carboxylic acids is 1. The molecule has 2 aliphatic heterocycles. The van der Waals surface area contributed by atoms with Gasteiger partial charge in [0.25, 0.3) is 5.91 Å². The maximum absolute atomic E-state index is 12.6. The molecule has 0 N–H and O–H groups in total. The van der Waals surface area contributed by atoms with Gasteiger partial charge in [-0.2, -0.15) is 0 Å². The number of carbonyl (C=O) groups is 1. The summed E-state index contributed by atoms with van der Waals surface area (Å²) in [5.74, 6) is 0.193. The van der Waals surface area contributed by atoms with Gasteiger partial charge in [-0.3, -0.25) is 9.69 Å². The van der Waals surface area contributed by atoms with Gasteiger partial charge in [0.15, 0.2) is 0 Å². The number of unbranched alkanes of at least 4 members (excludes halogenated alkanes) is 1. The van der Waals surface area contributed by atoms with Gasteiger partial charge in [0.05, 0.1) is 15.7 Å². The lowest BCUT2D eigenvalue weighted by Crippen LogP contribution is -2.46. The highest BCUT2D eigenvalue weighted by molar-refractivity contribution is 6.43. The van der Waals surface area contributed by atoms with Crippen LogP contribution < -0.4 is 4.90 Å². The second kappa shape index (κ2) is 9.38. The predicted molar refractivity (Wildman–Crippen MR) is 120 cm³/mol. The average Bonchev–Trinajstić information content (AvgIpc) is 2.75. The Balaban J connectivity index is 1.19. The van der Waals surface area contributed by atoms with Crippen LogP contribution in [0.25, 0.3) is 0 Å². The summed E-state index contributed by atoms with van der Waals surface area (Å²) in [4.78, 5) is 19.5. The first-order chi connectivity index (χ1) is 14.1. The summed E-state index contributed by atoms with van der Waals surface area (Å²) in [5.41, 5.74) is 3.10. The molecule has 2 aliphatic rings. The fraction of sp³-hybridized carbons (Fsp3) is 0.435. The van der Waals surface area contributed by atoms with Gasteiger partial charge in [-0.05, 0) is 49.6 Å². The van der Waals surface area contributed by atoms with Crippen molar-refractivity contribution in [2.24, 2.45) is 0 Å². The lowest BCUT2D eigenvalue weighted by Gasteiger charge is -2.36. The maximum atomic E-state index is 12.6. The molecular weight excluding hydrogens is 405 g/mol. The topological polar surface area (TPSA) is 26.8 Å². The Hall–Kier alpha value is -1.75. The first-order valence-electron chi connectivity index (χ1n) is 10.4. The smallest absolute Gasteiger partial charge is 0.254 e. The molecule has 0 aliphatic carbocycles. The van der Waals surface area contributed by atoms with Crippen molar-refractivity contribution < 1.29 is 4.79 Å². The van der Waals surface area contributed by atoms with E-state index in [9.17, 15) is 4.79 Å². The van der Waals surface area contributed by atoms with Crippen LogP contribution in [0.1, 0.15) is 28.8 Å². The zero-order chi connectivity index (χ0) is 20.2. The highest BCUT2D eigenvalue weighted by Crippen LogP contribution is 2.32. The zero-order valence-corrected chi connectivity index (χ0v) is 18.1. The lowest BCUT2D eigenvalue weighted by atomic mass is 9.99. The number of nitrogens with zero attached hydrogens (tertiary/aromatic N) is 3. The summed E-state index contributed by atoms with van der Waals surface area (Å²) in [6, 6.07) is 13.8. The van der Waals surface area contributed by atoms with Gasteiger partial charge in [-0.25, -0.2) is 0 Å². The Kier molecular flexibility index (Phi) is 6.63. The van der Waals surface area contributed by atoms with Crippen LogP contribution in [0.15, 0.2) is 42.5 Å². The van der Waals surface area contributed by atoms with Crippen LogP contribution in [0, 0.1) is 0 Å². The minimum atomic E-state index is 0.193. The van der Waals surface area contributed by atoms with Crippen LogP contribution >= 0.6 is 23.2 Å². The van der Waals surface area contributed by atoms with E-state index in [0.717, 1.165) is 76.3 Å². The summed E-state index contributed by atoms with van der Waals surface area (Å²) >= 11 is 12.5. The molecule has 4 rings (SSSR count). The van der Waals surface area contributed by atoms with Gasteiger partial charge in [-0.15, -0.1) is 0 Å². The summed E-state index contributed by atoms with van der Waals surface area (Å²) in [6.45, 7) is 6.75. The number of amides is 1. The van der Waals surface area contributed by atoms with E-state index in [0.29, 0.717) is 10.0 Å². The molecule has 154 valence electrons. The number of benzene rings is 2. The Bertz CT molecular complexity index is 865. The van der Waals surface area contributed by atoms with E-state index in [1.165, 1.54) is 5.56 Å². The van der Waals surface area contributed by atoms with E-state index in [1.807, 2.05) is 41.3 Å². The monoisotopic (exact) mass is 431 g/mol. The first kappa shape index (κ1) is 20.5. The van der Waals surface area contributed by atoms with Crippen LogP contribution in [0.2, 0.25) is 10.0 Å². The lowest BCUT2D eigenvalue weighted by molar-refractivity contribution is 0.0735. The number of anilines is 1. The largest absolute Gasteiger partial charge is 0.368 e. The normalized spacial score (nSPS) is 17.5. The van der Waals surface area contributed by atoms with Gasteiger partial charge < -0.3 is 9.80 Å². The minimum absolute atomic E-state index is 0.193. The number of hydrogen-bond acceptors (Lipinski definition) is 3. The highest BCUT2D eigenvalue weighted by Gasteiger charge is 2.23. The van der Waals surface area contributed by atoms with E-state index in [2.05, 4.69) is 15.9 Å². The average molecular weight is 432 g/mol. The predicted octanol–water partition coefficient (Wildman–Crippen LogP) is 4.59. The quantitative estimate of drug-likeness (QED) is 0.625. The number of piperazine rings is 1. The number of hydrogen-bond donors (Lipinski definition) is 0. The van der Waals surface area contributed by atoms with E-state index >= 15 is 0 Å². The molecular formula is C23H27Cl2N3O. The molecule has 0 atom stereocenters. The molecule has 6 heteroatoms. The van der Waals surface area contributed by atoms with Crippen molar-refractivity contribution in [1.29, 1.82) is 0 Å². The molecule has 0 saturated carbocycles. The molecule has 29 heavy (non-hydrogen) atoms. The van der Waals surface area contributed by atoms with Crippen molar-refractivity contribution in [3.05, 3.63) is 63.6 Å². The van der Waals surface area contributed by atoms with Crippen molar-refractivity contribution in [2.45, 2.75) is 19.3 Å². The molecule has 0 unspecified atom stereocenters. The van der Waals surface area contributed by atoms with Crippen molar-refractivity contribution in [1.82, 2.24) is 9.80 Å². The number of fused-ring (bicyclic) bond motifs is 1. The van der Waals surface area contributed by atoms with Crippen LogP contribution in [-0.4, -0.2) is 61.5 Å². The first-order valence-corrected chi connectivity index (χ1v) is 11.2. The SMILES string of the molecule is O=C1c2ccccc2CCN1CCCCN1CCN(c2cccc(Cl)c2Cl)CC1. The fourth-order valence-electron chi connectivity index (χ4n) is 4.27. The molecule has 4 nitrogen and oxygen atoms in total. The molecule has 2 aromatic rings. The molecule has 0 spiro atoms. The molecule has 1 amide bonds. The molecule has 1 fully saturated rings. The summed E-state index contributed by atoms with van der Waals surface area (Å²) in [6.07, 6.45) is 3.13. The van der Waals surface area contributed by atoms with E-state index < -0.39 is 0 Å². The van der Waals surface area contributed by atoms with E-state index in [-0.39, 0.29) is 5.91 Å². The van der Waals surface area contributed by atoms with Crippen LogP contribution in [0.3, 0.4) is 0 Å². The van der Waals surface area contributed by atoms with Gasteiger partial charge in [0, 0.05) is 44.8 Å². The highest BCUT2D eigenvalue weighted by atomic mass is 35.5. The van der Waals surface area contributed by atoms with E-state index in [1.54, 1.807) is 0 Å². The summed E-state index contributed by atoms with van der Waals surface area (Å²) < 4.78 is 0. The van der Waals surface area contributed by atoms with Crippen LogP contribution in [0.5, 0.6) is 0 Å². The Morgan fingerprint density at radius 2 is 1.59 bits per heavy atom.